The van der Waals surface area contributed by atoms with E-state index in [1.54, 1.807) is 0 Å². The van der Waals surface area contributed by atoms with Gasteiger partial charge in [-0.15, -0.1) is 0 Å². The molecule has 6 nitrogen and oxygen atoms in total. The number of aliphatic hydroxyl groups is 1. The fraction of sp³-hybridized carbons (Fsp3) is 0.667. The number of aliphatic hydroxyl groups excluding tert-OH is 1. The Hall–Kier alpha value is -1.14. The minimum absolute atomic E-state index is 0.0443. The summed E-state index contributed by atoms with van der Waals surface area (Å²) in [4.78, 5) is 20.5. The second kappa shape index (κ2) is 5.50. The number of nitrogens with one attached hydrogen (secondary N) is 1. The van der Waals surface area contributed by atoms with E-state index < -0.39 is 17.9 Å². The molecule has 0 aromatic heterocycles. The standard InChI is InChI=1S/C6H13N3O3/c7-5(11)1-2-9-3-4(10)6(8)12/h4,9-10H,1-3H2,(H2,7,11)(H2,8,12). The zero-order valence-electron chi connectivity index (χ0n) is 6.62. The van der Waals surface area contributed by atoms with Crippen LogP contribution in [0, 0.1) is 0 Å². The van der Waals surface area contributed by atoms with E-state index in [0.29, 0.717) is 6.54 Å². The number of hydrogen-bond donors (Lipinski definition) is 4. The van der Waals surface area contributed by atoms with E-state index in [-0.39, 0.29) is 13.0 Å². The maximum Gasteiger partial charge on any atom is 0.247 e. The van der Waals surface area contributed by atoms with Gasteiger partial charge >= 0.3 is 0 Å². The smallest absolute Gasteiger partial charge is 0.247 e. The van der Waals surface area contributed by atoms with Crippen LogP contribution in [0.5, 0.6) is 0 Å². The Balaban J connectivity index is 3.31. The molecule has 0 saturated carbocycles. The normalized spacial score (nSPS) is 12.4. The number of hydrogen-bond acceptors (Lipinski definition) is 4. The summed E-state index contributed by atoms with van der Waals surface area (Å²) in [7, 11) is 0. The molecule has 0 aromatic carbocycles. The summed E-state index contributed by atoms with van der Waals surface area (Å²) < 4.78 is 0. The first kappa shape index (κ1) is 10.9. The molecular weight excluding hydrogens is 162 g/mol. The van der Waals surface area contributed by atoms with Crippen LogP contribution >= 0.6 is 0 Å². The van der Waals surface area contributed by atoms with Crippen molar-refractivity contribution in [2.75, 3.05) is 13.1 Å². The molecule has 6 N–H and O–H groups in total. The van der Waals surface area contributed by atoms with Gasteiger partial charge in [0.1, 0.15) is 6.10 Å². The third-order valence-electron chi connectivity index (χ3n) is 1.21. The highest BCUT2D eigenvalue weighted by Crippen LogP contribution is 1.78. The van der Waals surface area contributed by atoms with Crippen molar-refractivity contribution < 1.29 is 14.7 Å². The Labute approximate surface area is 69.9 Å². The lowest BCUT2D eigenvalue weighted by Crippen LogP contribution is -2.38. The zero-order valence-corrected chi connectivity index (χ0v) is 6.62. The molecule has 1 atom stereocenters. The molecule has 0 fully saturated rings. The highest BCUT2D eigenvalue weighted by atomic mass is 16.3. The van der Waals surface area contributed by atoms with Gasteiger partial charge in [0, 0.05) is 19.5 Å². The van der Waals surface area contributed by atoms with E-state index in [9.17, 15) is 9.59 Å². The molecule has 0 saturated heterocycles. The van der Waals surface area contributed by atoms with E-state index in [1.807, 2.05) is 0 Å². The fourth-order valence-electron chi connectivity index (χ4n) is 0.551. The summed E-state index contributed by atoms with van der Waals surface area (Å²) in [5.41, 5.74) is 9.59. The van der Waals surface area contributed by atoms with Crippen LogP contribution in [-0.2, 0) is 9.59 Å². The quantitative estimate of drug-likeness (QED) is 0.328. The van der Waals surface area contributed by atoms with Gasteiger partial charge < -0.3 is 21.9 Å². The molecule has 1 unspecified atom stereocenters. The highest BCUT2D eigenvalue weighted by molar-refractivity contribution is 5.78. The van der Waals surface area contributed by atoms with Crippen LogP contribution in [0.1, 0.15) is 6.42 Å². The Morgan fingerprint density at radius 2 is 2.00 bits per heavy atom. The van der Waals surface area contributed by atoms with Crippen molar-refractivity contribution in [3.63, 3.8) is 0 Å². The number of amides is 2. The third-order valence-corrected chi connectivity index (χ3v) is 1.21. The molecular formula is C6H13N3O3. The number of rotatable bonds is 6. The number of carbonyl (C=O) groups is 2. The van der Waals surface area contributed by atoms with Crippen LogP contribution in [0.25, 0.3) is 0 Å². The van der Waals surface area contributed by atoms with Gasteiger partial charge in [0.25, 0.3) is 0 Å². The molecule has 2 amide bonds. The Kier molecular flexibility index (Phi) is 4.98. The first-order valence-electron chi connectivity index (χ1n) is 3.50. The molecule has 0 aliphatic rings. The number of primary amides is 2. The predicted molar refractivity (Wildman–Crippen MR) is 41.9 cm³/mol. The van der Waals surface area contributed by atoms with Gasteiger partial charge in [0.15, 0.2) is 0 Å². The van der Waals surface area contributed by atoms with Gasteiger partial charge in [-0.3, -0.25) is 9.59 Å². The largest absolute Gasteiger partial charge is 0.382 e. The second-order valence-corrected chi connectivity index (χ2v) is 2.34. The van der Waals surface area contributed by atoms with Crippen LogP contribution in [0.4, 0.5) is 0 Å². The Morgan fingerprint density at radius 1 is 1.42 bits per heavy atom. The average molecular weight is 175 g/mol. The van der Waals surface area contributed by atoms with Crippen LogP contribution in [0.2, 0.25) is 0 Å². The molecule has 0 radical (unpaired) electrons. The predicted octanol–water partition coefficient (Wildman–Crippen LogP) is -2.70. The lowest BCUT2D eigenvalue weighted by molar-refractivity contribution is -0.125. The van der Waals surface area contributed by atoms with Crippen LogP contribution in [-0.4, -0.2) is 36.1 Å². The van der Waals surface area contributed by atoms with Gasteiger partial charge in [0.2, 0.25) is 11.8 Å². The van der Waals surface area contributed by atoms with Crippen molar-refractivity contribution in [3.05, 3.63) is 0 Å². The van der Waals surface area contributed by atoms with Crippen molar-refractivity contribution in [2.45, 2.75) is 12.5 Å². The van der Waals surface area contributed by atoms with Crippen molar-refractivity contribution in [3.8, 4) is 0 Å². The zero-order chi connectivity index (χ0) is 9.56. The molecule has 0 aromatic rings. The Bertz CT molecular complexity index is 171. The summed E-state index contributed by atoms with van der Waals surface area (Å²) in [6.45, 7) is 0.377. The average Bonchev–Trinajstić information content (AvgIpc) is 1.97. The summed E-state index contributed by atoms with van der Waals surface area (Å²) in [5.74, 6) is -1.22. The first-order chi connectivity index (χ1) is 5.54. The van der Waals surface area contributed by atoms with Crippen molar-refractivity contribution >= 4 is 11.8 Å². The van der Waals surface area contributed by atoms with E-state index in [0.717, 1.165) is 0 Å². The maximum atomic E-state index is 10.3. The molecule has 12 heavy (non-hydrogen) atoms. The van der Waals surface area contributed by atoms with Crippen LogP contribution < -0.4 is 16.8 Å². The highest BCUT2D eigenvalue weighted by Gasteiger charge is 2.08. The van der Waals surface area contributed by atoms with Crippen molar-refractivity contribution in [1.82, 2.24) is 5.32 Å². The lowest BCUT2D eigenvalue weighted by atomic mass is 10.3. The molecule has 0 aliphatic heterocycles. The number of carbonyl (C=O) groups excluding carboxylic acids is 2. The summed E-state index contributed by atoms with van der Waals surface area (Å²) in [5, 5.41) is 11.5. The molecule has 6 heteroatoms. The summed E-state index contributed by atoms with van der Waals surface area (Å²) >= 11 is 0. The molecule has 0 heterocycles. The van der Waals surface area contributed by atoms with Gasteiger partial charge in [-0.05, 0) is 0 Å². The van der Waals surface area contributed by atoms with E-state index in [2.05, 4.69) is 5.32 Å². The molecule has 0 aliphatic carbocycles. The molecule has 70 valence electrons. The number of nitrogens with two attached hydrogens (primary N) is 2. The van der Waals surface area contributed by atoms with E-state index >= 15 is 0 Å². The van der Waals surface area contributed by atoms with Gasteiger partial charge in [-0.2, -0.15) is 0 Å². The van der Waals surface area contributed by atoms with Gasteiger partial charge in [0.05, 0.1) is 0 Å². The Morgan fingerprint density at radius 3 is 2.42 bits per heavy atom. The molecule has 0 spiro atoms. The van der Waals surface area contributed by atoms with Crippen molar-refractivity contribution in [1.29, 1.82) is 0 Å². The summed E-state index contributed by atoms with van der Waals surface area (Å²) in [6, 6.07) is 0. The van der Waals surface area contributed by atoms with Crippen LogP contribution in [0.15, 0.2) is 0 Å². The first-order valence-corrected chi connectivity index (χ1v) is 3.50. The SMILES string of the molecule is NC(=O)CCNCC(O)C(N)=O. The maximum absolute atomic E-state index is 10.3. The fourth-order valence-corrected chi connectivity index (χ4v) is 0.551. The van der Waals surface area contributed by atoms with Crippen molar-refractivity contribution in [2.24, 2.45) is 11.5 Å². The van der Waals surface area contributed by atoms with E-state index in [4.69, 9.17) is 16.6 Å². The van der Waals surface area contributed by atoms with Gasteiger partial charge in [-0.1, -0.05) is 0 Å². The van der Waals surface area contributed by atoms with Crippen LogP contribution in [0.3, 0.4) is 0 Å². The summed E-state index contributed by atoms with van der Waals surface area (Å²) in [6.07, 6.45) is -1.04. The third kappa shape index (κ3) is 5.63. The van der Waals surface area contributed by atoms with Gasteiger partial charge in [-0.25, -0.2) is 0 Å². The minimum atomic E-state index is -1.21. The monoisotopic (exact) mass is 175 g/mol. The van der Waals surface area contributed by atoms with E-state index in [1.165, 1.54) is 0 Å². The molecule has 0 rings (SSSR count). The minimum Gasteiger partial charge on any atom is -0.382 e. The second-order valence-electron chi connectivity index (χ2n) is 2.34. The topological polar surface area (TPSA) is 118 Å². The lowest BCUT2D eigenvalue weighted by Gasteiger charge is -2.06. The molecule has 0 bridgehead atoms.